The third-order valence-electron chi connectivity index (χ3n) is 5.75. The van der Waals surface area contributed by atoms with E-state index in [1.165, 1.54) is 0 Å². The largest absolute Gasteiger partial charge is 0.444 e. The third kappa shape index (κ3) is 5.24. The second kappa shape index (κ2) is 8.95. The molecule has 162 valence electrons. The van der Waals surface area contributed by atoms with Crippen molar-refractivity contribution >= 4 is 17.7 Å². The van der Waals surface area contributed by atoms with Gasteiger partial charge >= 0.3 is 6.09 Å². The Morgan fingerprint density at radius 3 is 2.53 bits per heavy atom. The van der Waals surface area contributed by atoms with Crippen LogP contribution in [-0.4, -0.2) is 54.7 Å². The van der Waals surface area contributed by atoms with Gasteiger partial charge in [-0.25, -0.2) is 4.79 Å². The summed E-state index contributed by atoms with van der Waals surface area (Å²) in [4.78, 5) is 29.2. The second-order valence-electron chi connectivity index (χ2n) is 9.31. The predicted octanol–water partition coefficient (Wildman–Crippen LogP) is 3.53. The predicted molar refractivity (Wildman–Crippen MR) is 115 cm³/mol. The maximum absolute atomic E-state index is 12.9. The van der Waals surface area contributed by atoms with Gasteiger partial charge in [0, 0.05) is 37.8 Å². The van der Waals surface area contributed by atoms with E-state index >= 15 is 0 Å². The molecule has 2 aliphatic rings. The fourth-order valence-corrected chi connectivity index (χ4v) is 4.00. The van der Waals surface area contributed by atoms with Crippen LogP contribution in [0, 0.1) is 17.2 Å². The van der Waals surface area contributed by atoms with Crippen molar-refractivity contribution in [1.29, 1.82) is 5.26 Å². The summed E-state index contributed by atoms with van der Waals surface area (Å²) in [6.07, 6.45) is 2.69. The maximum atomic E-state index is 12.9. The highest BCUT2D eigenvalue weighted by Crippen LogP contribution is 2.26. The zero-order valence-corrected chi connectivity index (χ0v) is 18.4. The number of rotatable bonds is 3. The second-order valence-corrected chi connectivity index (χ2v) is 9.31. The van der Waals surface area contributed by atoms with Gasteiger partial charge in [0.25, 0.3) is 5.91 Å². The molecule has 2 amide bonds. The Morgan fingerprint density at radius 2 is 1.90 bits per heavy atom. The third-order valence-corrected chi connectivity index (χ3v) is 5.75. The van der Waals surface area contributed by atoms with Crippen molar-refractivity contribution in [1.82, 2.24) is 10.2 Å². The highest BCUT2D eigenvalue weighted by molar-refractivity contribution is 5.95. The summed E-state index contributed by atoms with van der Waals surface area (Å²) in [5, 5.41) is 12.6. The molecule has 1 aromatic rings. The van der Waals surface area contributed by atoms with Crippen LogP contribution in [0.4, 0.5) is 10.5 Å². The van der Waals surface area contributed by atoms with Crippen molar-refractivity contribution in [2.24, 2.45) is 5.92 Å². The monoisotopic (exact) mass is 412 g/mol. The summed E-state index contributed by atoms with van der Waals surface area (Å²) in [5.41, 5.74) is 1.34. The molecule has 30 heavy (non-hydrogen) atoms. The fraction of sp³-hybridized carbons (Fsp3) is 0.609. The molecule has 3 rings (SSSR count). The topological polar surface area (TPSA) is 85.7 Å². The molecule has 2 aliphatic heterocycles. The maximum Gasteiger partial charge on any atom is 0.410 e. The van der Waals surface area contributed by atoms with E-state index in [1.54, 1.807) is 17.0 Å². The van der Waals surface area contributed by atoms with Crippen LogP contribution < -0.4 is 10.2 Å². The van der Waals surface area contributed by atoms with Crippen LogP contribution in [0.2, 0.25) is 0 Å². The zero-order valence-electron chi connectivity index (χ0n) is 18.4. The number of anilines is 1. The molecule has 2 saturated heterocycles. The number of nitriles is 1. The number of carbonyl (C=O) groups excluding carboxylic acids is 2. The Labute approximate surface area is 179 Å². The van der Waals surface area contributed by atoms with Crippen molar-refractivity contribution in [3.8, 4) is 6.07 Å². The van der Waals surface area contributed by atoms with Crippen molar-refractivity contribution in [2.45, 2.75) is 58.6 Å². The lowest BCUT2D eigenvalue weighted by molar-refractivity contribution is 0.0146. The van der Waals surface area contributed by atoms with Gasteiger partial charge in [-0.2, -0.15) is 5.26 Å². The molecule has 0 aromatic heterocycles. The van der Waals surface area contributed by atoms with Crippen LogP contribution in [0.1, 0.15) is 62.9 Å². The smallest absolute Gasteiger partial charge is 0.410 e. The van der Waals surface area contributed by atoms with Crippen molar-refractivity contribution in [3.05, 3.63) is 29.3 Å². The molecule has 2 atom stereocenters. The van der Waals surface area contributed by atoms with Crippen molar-refractivity contribution in [3.63, 3.8) is 0 Å². The summed E-state index contributed by atoms with van der Waals surface area (Å²) in [5.74, 6) is 0.0225. The average Bonchev–Trinajstić information content (AvgIpc) is 3.22. The quantitative estimate of drug-likeness (QED) is 0.821. The lowest BCUT2D eigenvalue weighted by Gasteiger charge is -2.38. The summed E-state index contributed by atoms with van der Waals surface area (Å²) < 4.78 is 5.48. The van der Waals surface area contributed by atoms with Gasteiger partial charge in [0.05, 0.1) is 11.3 Å². The molecule has 0 radical (unpaired) electrons. The summed E-state index contributed by atoms with van der Waals surface area (Å²) >= 11 is 0. The number of hydrogen-bond donors (Lipinski definition) is 1. The molecule has 7 heteroatoms. The number of ether oxygens (including phenoxy) is 1. The molecule has 1 N–H and O–H groups in total. The number of amides is 2. The molecule has 2 unspecified atom stereocenters. The summed E-state index contributed by atoms with van der Waals surface area (Å²) in [7, 11) is 0. The first-order valence-corrected chi connectivity index (χ1v) is 10.8. The number of likely N-dealkylation sites (tertiary alicyclic amines) is 1. The minimum Gasteiger partial charge on any atom is -0.444 e. The van der Waals surface area contributed by atoms with Gasteiger partial charge in [0.15, 0.2) is 0 Å². The highest BCUT2D eigenvalue weighted by atomic mass is 16.6. The van der Waals surface area contributed by atoms with E-state index in [-0.39, 0.29) is 24.0 Å². The molecule has 0 saturated carbocycles. The number of carbonyl (C=O) groups is 2. The summed E-state index contributed by atoms with van der Waals surface area (Å²) in [6.45, 7) is 10.5. The van der Waals surface area contributed by atoms with Gasteiger partial charge in [-0.05, 0) is 64.2 Å². The van der Waals surface area contributed by atoms with E-state index in [4.69, 9.17) is 4.74 Å². The Morgan fingerprint density at radius 1 is 1.20 bits per heavy atom. The minimum atomic E-state index is -0.552. The molecule has 7 nitrogen and oxygen atoms in total. The van der Waals surface area contributed by atoms with E-state index < -0.39 is 5.60 Å². The van der Waals surface area contributed by atoms with E-state index in [2.05, 4.69) is 23.2 Å². The first kappa shape index (κ1) is 21.9. The molecule has 0 aliphatic carbocycles. The van der Waals surface area contributed by atoms with Crippen molar-refractivity contribution < 1.29 is 14.3 Å². The first-order valence-electron chi connectivity index (χ1n) is 10.8. The number of nitrogens with zero attached hydrogens (tertiary/aromatic N) is 3. The van der Waals surface area contributed by atoms with Crippen molar-refractivity contribution in [2.75, 3.05) is 31.1 Å². The van der Waals surface area contributed by atoms with Crippen LogP contribution in [0.5, 0.6) is 0 Å². The summed E-state index contributed by atoms with van der Waals surface area (Å²) in [6, 6.07) is 7.39. The van der Waals surface area contributed by atoms with Gasteiger partial charge in [0.2, 0.25) is 0 Å². The van der Waals surface area contributed by atoms with Gasteiger partial charge in [-0.3, -0.25) is 4.79 Å². The Hall–Kier alpha value is -2.75. The van der Waals surface area contributed by atoms with E-state index in [9.17, 15) is 14.9 Å². The van der Waals surface area contributed by atoms with E-state index in [1.807, 2.05) is 26.8 Å². The molecule has 1 aromatic carbocycles. The van der Waals surface area contributed by atoms with Crippen LogP contribution in [0.3, 0.4) is 0 Å². The van der Waals surface area contributed by atoms with Crippen LogP contribution >= 0.6 is 0 Å². The Kier molecular flexibility index (Phi) is 6.55. The number of hydrogen-bond acceptors (Lipinski definition) is 5. The number of nitrogens with one attached hydrogen (secondary N) is 1. The van der Waals surface area contributed by atoms with Gasteiger partial charge < -0.3 is 19.9 Å². The molecule has 0 spiro atoms. The SMILES string of the molecule is CC1CCN(C(=O)OC(C)(C)C)CC1NC(=O)c1ccc(N2CCCC2)c(C#N)c1. The fourth-order valence-electron chi connectivity index (χ4n) is 4.00. The highest BCUT2D eigenvalue weighted by Gasteiger charge is 2.32. The van der Waals surface area contributed by atoms with Crippen LogP contribution in [0.15, 0.2) is 18.2 Å². The minimum absolute atomic E-state index is 0.164. The number of benzene rings is 1. The molecule has 2 heterocycles. The van der Waals surface area contributed by atoms with Crippen LogP contribution in [-0.2, 0) is 4.74 Å². The van der Waals surface area contributed by atoms with Gasteiger partial charge in [-0.1, -0.05) is 6.92 Å². The van der Waals surface area contributed by atoms with Gasteiger partial charge in [0.1, 0.15) is 11.7 Å². The normalized spacial score (nSPS) is 21.8. The molecular formula is C23H32N4O3. The zero-order chi connectivity index (χ0) is 21.9. The molecular weight excluding hydrogens is 380 g/mol. The number of piperidine rings is 1. The molecule has 2 fully saturated rings. The molecule has 0 bridgehead atoms. The van der Waals surface area contributed by atoms with E-state index in [0.29, 0.717) is 24.2 Å². The average molecular weight is 413 g/mol. The lowest BCUT2D eigenvalue weighted by atomic mass is 9.93. The Bertz CT molecular complexity index is 834. The van der Waals surface area contributed by atoms with E-state index in [0.717, 1.165) is 38.0 Å². The standard InChI is InChI=1S/C23H32N4O3/c1-16-9-12-27(22(29)30-23(2,3)4)15-19(16)25-21(28)17-7-8-20(18(13-17)14-24)26-10-5-6-11-26/h7-8,13,16,19H,5-6,9-12,15H2,1-4H3,(H,25,28). The first-order chi connectivity index (χ1) is 14.2. The van der Waals surface area contributed by atoms with Gasteiger partial charge in [-0.15, -0.1) is 0 Å². The Balaban J connectivity index is 1.68. The lowest BCUT2D eigenvalue weighted by Crippen LogP contribution is -2.54. The van der Waals surface area contributed by atoms with Crippen LogP contribution in [0.25, 0.3) is 0 Å².